The molecule has 7 nitrogen and oxygen atoms in total. The third-order valence-electron chi connectivity index (χ3n) is 5.84. The van der Waals surface area contributed by atoms with E-state index in [0.717, 1.165) is 24.8 Å². The van der Waals surface area contributed by atoms with Crippen molar-refractivity contribution in [2.24, 2.45) is 0 Å². The van der Waals surface area contributed by atoms with E-state index in [1.807, 2.05) is 12.1 Å². The molecule has 1 atom stereocenters. The first kappa shape index (κ1) is 20.1. The molecular weight excluding hydrogens is 390 g/mol. The highest BCUT2D eigenvalue weighted by Gasteiger charge is 2.33. The third-order valence-corrected chi connectivity index (χ3v) is 8.01. The molecule has 0 bridgehead atoms. The first-order chi connectivity index (χ1) is 13.9. The van der Waals surface area contributed by atoms with Gasteiger partial charge in [-0.3, -0.25) is 4.79 Å². The van der Waals surface area contributed by atoms with Crippen LogP contribution in [0.25, 0.3) is 0 Å². The second kappa shape index (κ2) is 7.93. The Morgan fingerprint density at radius 1 is 1.21 bits per heavy atom. The average molecular weight is 418 g/mol. The predicted molar refractivity (Wildman–Crippen MR) is 109 cm³/mol. The Morgan fingerprint density at radius 3 is 2.69 bits per heavy atom. The van der Waals surface area contributed by atoms with Crippen molar-refractivity contribution in [3.63, 3.8) is 0 Å². The quantitative estimate of drug-likeness (QED) is 0.799. The molecule has 1 aromatic carbocycles. The minimum atomic E-state index is -3.68. The molecule has 1 amide bonds. The number of nitrogens with zero attached hydrogens (tertiary/aromatic N) is 1. The molecule has 156 valence electrons. The van der Waals surface area contributed by atoms with Gasteiger partial charge < -0.3 is 15.0 Å². The van der Waals surface area contributed by atoms with Gasteiger partial charge in [-0.1, -0.05) is 24.3 Å². The van der Waals surface area contributed by atoms with E-state index in [1.165, 1.54) is 9.87 Å². The van der Waals surface area contributed by atoms with Crippen LogP contribution < -0.4 is 5.32 Å². The number of hydrogen-bond acceptors (Lipinski definition) is 4. The average Bonchev–Trinajstić information content (AvgIpc) is 3.03. The zero-order valence-corrected chi connectivity index (χ0v) is 17.6. The van der Waals surface area contributed by atoms with Gasteiger partial charge in [0, 0.05) is 18.8 Å². The molecule has 1 aromatic heterocycles. The molecule has 2 aliphatic rings. The molecule has 1 fully saturated rings. The summed E-state index contributed by atoms with van der Waals surface area (Å²) in [6.07, 6.45) is 2.91. The molecule has 2 N–H and O–H groups in total. The SMILES string of the molecule is Cc1[nH]c(C(=O)N[C@H]2CCCc3ccccc32)c(C)c1S(=O)(=O)N1CCOCC1. The Labute approximate surface area is 171 Å². The highest BCUT2D eigenvalue weighted by atomic mass is 32.2. The van der Waals surface area contributed by atoms with Crippen molar-refractivity contribution < 1.29 is 17.9 Å². The summed E-state index contributed by atoms with van der Waals surface area (Å²) in [4.78, 5) is 16.3. The van der Waals surface area contributed by atoms with E-state index in [-0.39, 0.29) is 16.8 Å². The number of benzene rings is 1. The van der Waals surface area contributed by atoms with Crippen LogP contribution in [0.5, 0.6) is 0 Å². The minimum Gasteiger partial charge on any atom is -0.379 e. The number of carbonyl (C=O) groups excluding carboxylic acids is 1. The zero-order valence-electron chi connectivity index (χ0n) is 16.8. The van der Waals surface area contributed by atoms with E-state index in [4.69, 9.17) is 4.74 Å². The van der Waals surface area contributed by atoms with Crippen molar-refractivity contribution in [1.82, 2.24) is 14.6 Å². The molecule has 0 radical (unpaired) electrons. The summed E-state index contributed by atoms with van der Waals surface area (Å²) >= 11 is 0. The smallest absolute Gasteiger partial charge is 0.268 e. The van der Waals surface area contributed by atoms with Crippen LogP contribution in [0, 0.1) is 13.8 Å². The summed E-state index contributed by atoms with van der Waals surface area (Å²) < 4.78 is 33.0. The van der Waals surface area contributed by atoms with Crippen molar-refractivity contribution in [3.8, 4) is 0 Å². The van der Waals surface area contributed by atoms with Crippen molar-refractivity contribution in [3.05, 3.63) is 52.3 Å². The number of aromatic amines is 1. The second-order valence-corrected chi connectivity index (χ2v) is 9.59. The molecule has 8 heteroatoms. The number of nitrogens with one attached hydrogen (secondary N) is 2. The van der Waals surface area contributed by atoms with Crippen LogP contribution in [-0.2, 0) is 21.2 Å². The first-order valence-corrected chi connectivity index (χ1v) is 11.5. The Kier molecular flexibility index (Phi) is 5.50. The predicted octanol–water partition coefficient (Wildman–Crippen LogP) is 2.46. The van der Waals surface area contributed by atoms with Crippen LogP contribution in [0.15, 0.2) is 29.2 Å². The van der Waals surface area contributed by atoms with Gasteiger partial charge in [0.1, 0.15) is 10.6 Å². The van der Waals surface area contributed by atoms with E-state index >= 15 is 0 Å². The highest BCUT2D eigenvalue weighted by molar-refractivity contribution is 7.89. The largest absolute Gasteiger partial charge is 0.379 e. The molecule has 29 heavy (non-hydrogen) atoms. The van der Waals surface area contributed by atoms with Crippen LogP contribution >= 0.6 is 0 Å². The van der Waals surface area contributed by atoms with Crippen molar-refractivity contribution in [2.45, 2.75) is 44.0 Å². The lowest BCUT2D eigenvalue weighted by Gasteiger charge is -2.26. The maximum Gasteiger partial charge on any atom is 0.268 e. The lowest BCUT2D eigenvalue weighted by atomic mass is 9.87. The molecule has 4 rings (SSSR count). The molecule has 1 saturated heterocycles. The van der Waals surface area contributed by atoms with E-state index in [0.29, 0.717) is 43.3 Å². The molecule has 0 saturated carbocycles. The van der Waals surface area contributed by atoms with Crippen LogP contribution in [0.1, 0.15) is 51.8 Å². The second-order valence-electron chi connectivity index (χ2n) is 7.71. The highest BCUT2D eigenvalue weighted by Crippen LogP contribution is 2.31. The van der Waals surface area contributed by atoms with Crippen LogP contribution in [0.3, 0.4) is 0 Å². The number of aromatic nitrogens is 1. The fourth-order valence-corrected chi connectivity index (χ4v) is 6.21. The minimum absolute atomic E-state index is 0.0604. The maximum atomic E-state index is 13.1. The Hall–Kier alpha value is -2.16. The molecule has 2 heterocycles. The number of sulfonamides is 1. The fourth-order valence-electron chi connectivity index (χ4n) is 4.40. The lowest BCUT2D eigenvalue weighted by molar-refractivity contribution is 0.0730. The summed E-state index contributed by atoms with van der Waals surface area (Å²) in [5.41, 5.74) is 3.68. The number of H-pyrrole nitrogens is 1. The number of ether oxygens (including phenoxy) is 1. The summed E-state index contributed by atoms with van der Waals surface area (Å²) in [5.74, 6) is -0.268. The van der Waals surface area contributed by atoms with Gasteiger partial charge in [-0.25, -0.2) is 8.42 Å². The van der Waals surface area contributed by atoms with Crippen molar-refractivity contribution in [1.29, 1.82) is 0 Å². The number of hydrogen-bond donors (Lipinski definition) is 2. The van der Waals surface area contributed by atoms with Gasteiger partial charge in [-0.15, -0.1) is 0 Å². The molecular formula is C21H27N3O4S. The number of amides is 1. The van der Waals surface area contributed by atoms with Gasteiger partial charge in [-0.2, -0.15) is 4.31 Å². The number of carbonyl (C=O) groups is 1. The number of aryl methyl sites for hydroxylation is 2. The number of fused-ring (bicyclic) bond motifs is 1. The van der Waals surface area contributed by atoms with Crippen molar-refractivity contribution in [2.75, 3.05) is 26.3 Å². The Bertz CT molecular complexity index is 1020. The summed E-state index contributed by atoms with van der Waals surface area (Å²) in [5, 5.41) is 3.11. The number of morpholine rings is 1. The molecule has 1 aliphatic heterocycles. The normalized spacial score (nSPS) is 20.3. The van der Waals surface area contributed by atoms with E-state index in [2.05, 4.69) is 22.4 Å². The van der Waals surface area contributed by atoms with Crippen molar-refractivity contribution >= 4 is 15.9 Å². The lowest BCUT2D eigenvalue weighted by Crippen LogP contribution is -2.41. The van der Waals surface area contributed by atoms with Crippen LogP contribution in [-0.4, -0.2) is 49.9 Å². The maximum absolute atomic E-state index is 13.1. The van der Waals surface area contributed by atoms with Gasteiger partial charge in [0.15, 0.2) is 0 Å². The Balaban J connectivity index is 1.60. The van der Waals surface area contributed by atoms with Gasteiger partial charge in [0.25, 0.3) is 5.91 Å². The summed E-state index contributed by atoms with van der Waals surface area (Å²) in [6, 6.07) is 8.10. The zero-order chi connectivity index (χ0) is 20.6. The summed E-state index contributed by atoms with van der Waals surface area (Å²) in [7, 11) is -3.68. The van der Waals surface area contributed by atoms with Crippen LogP contribution in [0.2, 0.25) is 0 Å². The van der Waals surface area contributed by atoms with Gasteiger partial charge >= 0.3 is 0 Å². The standard InChI is InChI=1S/C21H27N3O4S/c1-14-19(21(25)23-18-9-5-7-16-6-3-4-8-17(16)18)22-15(2)20(14)29(26,27)24-10-12-28-13-11-24/h3-4,6,8,18,22H,5,7,9-13H2,1-2H3,(H,23,25)/t18-/m0/s1. The molecule has 1 aliphatic carbocycles. The first-order valence-electron chi connectivity index (χ1n) is 10.1. The Morgan fingerprint density at radius 2 is 1.93 bits per heavy atom. The van der Waals surface area contributed by atoms with Crippen LogP contribution in [0.4, 0.5) is 0 Å². The topological polar surface area (TPSA) is 91.5 Å². The monoisotopic (exact) mass is 417 g/mol. The van der Waals surface area contributed by atoms with Gasteiger partial charge in [-0.05, 0) is 49.8 Å². The van der Waals surface area contributed by atoms with E-state index in [1.54, 1.807) is 13.8 Å². The van der Waals surface area contributed by atoms with Gasteiger partial charge in [0.05, 0.1) is 19.3 Å². The summed E-state index contributed by atoms with van der Waals surface area (Å²) in [6.45, 7) is 4.82. The molecule has 0 unspecified atom stereocenters. The van der Waals surface area contributed by atoms with E-state index < -0.39 is 10.0 Å². The fraction of sp³-hybridized carbons (Fsp3) is 0.476. The molecule has 2 aromatic rings. The molecule has 0 spiro atoms. The third kappa shape index (κ3) is 3.72. The van der Waals surface area contributed by atoms with Gasteiger partial charge in [0.2, 0.25) is 10.0 Å². The van der Waals surface area contributed by atoms with E-state index in [9.17, 15) is 13.2 Å². The number of rotatable bonds is 4.